The predicted octanol–water partition coefficient (Wildman–Crippen LogP) is 2.79. The standard InChI is InChI=1S/C23H31N3O2/c1-18-5-4-6-19(15-18)16-23(27)24-17-22(26-11-13-28-14-12-26)20-7-9-21(10-8-20)25(2)3/h4-10,15,22H,11-14,16-17H2,1-3H3,(H,24,27)/t22-/m0/s1. The molecule has 1 atom stereocenters. The van der Waals surface area contributed by atoms with Crippen LogP contribution in [0.1, 0.15) is 22.7 Å². The van der Waals surface area contributed by atoms with E-state index >= 15 is 0 Å². The van der Waals surface area contributed by atoms with Crippen LogP contribution >= 0.6 is 0 Å². The first kappa shape index (κ1) is 20.4. The molecule has 0 bridgehead atoms. The zero-order valence-corrected chi connectivity index (χ0v) is 17.1. The number of hydrogen-bond donors (Lipinski definition) is 1. The summed E-state index contributed by atoms with van der Waals surface area (Å²) in [6.07, 6.45) is 0.414. The third-order valence-corrected chi connectivity index (χ3v) is 5.22. The SMILES string of the molecule is Cc1cccc(CC(=O)NC[C@@H](c2ccc(N(C)C)cc2)N2CCOCC2)c1. The molecule has 1 fully saturated rings. The van der Waals surface area contributed by atoms with Gasteiger partial charge in [0.25, 0.3) is 0 Å². The zero-order chi connectivity index (χ0) is 19.9. The molecule has 0 aliphatic carbocycles. The van der Waals surface area contributed by atoms with Crippen molar-refractivity contribution in [2.24, 2.45) is 0 Å². The summed E-state index contributed by atoms with van der Waals surface area (Å²) in [6, 6.07) is 16.9. The van der Waals surface area contributed by atoms with E-state index in [0.29, 0.717) is 13.0 Å². The highest BCUT2D eigenvalue weighted by Crippen LogP contribution is 2.24. The summed E-state index contributed by atoms with van der Waals surface area (Å²) >= 11 is 0. The van der Waals surface area contributed by atoms with Gasteiger partial charge < -0.3 is 15.0 Å². The monoisotopic (exact) mass is 381 g/mol. The Morgan fingerprint density at radius 2 is 1.86 bits per heavy atom. The molecule has 1 amide bonds. The van der Waals surface area contributed by atoms with Crippen molar-refractivity contribution in [3.05, 3.63) is 65.2 Å². The van der Waals surface area contributed by atoms with E-state index in [-0.39, 0.29) is 11.9 Å². The van der Waals surface area contributed by atoms with Crippen LogP contribution in [0, 0.1) is 6.92 Å². The lowest BCUT2D eigenvalue weighted by Crippen LogP contribution is -2.44. The number of nitrogens with zero attached hydrogens (tertiary/aromatic N) is 2. The Kier molecular flexibility index (Phi) is 7.06. The van der Waals surface area contributed by atoms with Crippen LogP contribution in [-0.2, 0) is 16.0 Å². The highest BCUT2D eigenvalue weighted by atomic mass is 16.5. The van der Waals surface area contributed by atoms with Gasteiger partial charge in [0.2, 0.25) is 5.91 Å². The lowest BCUT2D eigenvalue weighted by Gasteiger charge is -2.35. The molecule has 0 spiro atoms. The van der Waals surface area contributed by atoms with Crippen molar-refractivity contribution in [3.63, 3.8) is 0 Å². The van der Waals surface area contributed by atoms with Crippen LogP contribution in [0.4, 0.5) is 5.69 Å². The maximum atomic E-state index is 12.5. The second kappa shape index (κ2) is 9.71. The van der Waals surface area contributed by atoms with Gasteiger partial charge in [0, 0.05) is 39.4 Å². The lowest BCUT2D eigenvalue weighted by molar-refractivity contribution is -0.120. The van der Waals surface area contributed by atoms with Crippen LogP contribution in [0.15, 0.2) is 48.5 Å². The zero-order valence-electron chi connectivity index (χ0n) is 17.1. The Balaban J connectivity index is 1.67. The molecule has 1 heterocycles. The average Bonchev–Trinajstić information content (AvgIpc) is 2.69. The summed E-state index contributed by atoms with van der Waals surface area (Å²) in [5, 5.41) is 3.15. The summed E-state index contributed by atoms with van der Waals surface area (Å²) < 4.78 is 5.52. The number of ether oxygens (including phenoxy) is 1. The number of carbonyl (C=O) groups excluding carboxylic acids is 1. The van der Waals surface area contributed by atoms with Crippen molar-refractivity contribution < 1.29 is 9.53 Å². The first-order valence-electron chi connectivity index (χ1n) is 9.94. The Morgan fingerprint density at radius 3 is 2.50 bits per heavy atom. The van der Waals surface area contributed by atoms with Crippen molar-refractivity contribution in [1.29, 1.82) is 0 Å². The second-order valence-corrected chi connectivity index (χ2v) is 7.62. The van der Waals surface area contributed by atoms with E-state index < -0.39 is 0 Å². The molecule has 0 radical (unpaired) electrons. The summed E-state index contributed by atoms with van der Waals surface area (Å²) in [5.41, 5.74) is 4.63. The highest BCUT2D eigenvalue weighted by Gasteiger charge is 2.23. The molecule has 2 aromatic rings. The van der Waals surface area contributed by atoms with Crippen molar-refractivity contribution in [1.82, 2.24) is 10.2 Å². The molecule has 1 N–H and O–H groups in total. The van der Waals surface area contributed by atoms with Crippen LogP contribution < -0.4 is 10.2 Å². The van der Waals surface area contributed by atoms with Gasteiger partial charge in [-0.25, -0.2) is 0 Å². The maximum Gasteiger partial charge on any atom is 0.224 e. The second-order valence-electron chi connectivity index (χ2n) is 7.62. The highest BCUT2D eigenvalue weighted by molar-refractivity contribution is 5.78. The molecule has 5 nitrogen and oxygen atoms in total. The molecule has 2 aromatic carbocycles. The van der Waals surface area contributed by atoms with Gasteiger partial charge in [0.1, 0.15) is 0 Å². The molecule has 150 valence electrons. The van der Waals surface area contributed by atoms with E-state index in [1.165, 1.54) is 16.8 Å². The van der Waals surface area contributed by atoms with Gasteiger partial charge in [-0.1, -0.05) is 42.0 Å². The molecule has 3 rings (SSSR count). The number of morpholine rings is 1. The minimum absolute atomic E-state index is 0.0637. The molecule has 0 unspecified atom stereocenters. The van der Waals surface area contributed by atoms with Crippen molar-refractivity contribution >= 4 is 11.6 Å². The number of hydrogen-bond acceptors (Lipinski definition) is 4. The normalized spacial score (nSPS) is 15.8. The van der Waals surface area contributed by atoms with E-state index in [4.69, 9.17) is 4.74 Å². The molecule has 5 heteroatoms. The number of benzene rings is 2. The van der Waals surface area contributed by atoms with E-state index in [1.54, 1.807) is 0 Å². The van der Waals surface area contributed by atoms with Crippen LogP contribution in [0.2, 0.25) is 0 Å². The third-order valence-electron chi connectivity index (χ3n) is 5.22. The van der Waals surface area contributed by atoms with Crippen LogP contribution in [0.25, 0.3) is 0 Å². The van der Waals surface area contributed by atoms with Gasteiger partial charge in [0.05, 0.1) is 25.7 Å². The van der Waals surface area contributed by atoms with Crippen molar-refractivity contribution in [2.45, 2.75) is 19.4 Å². The Morgan fingerprint density at radius 1 is 1.14 bits per heavy atom. The summed E-state index contributed by atoms with van der Waals surface area (Å²) in [5.74, 6) is 0.0637. The topological polar surface area (TPSA) is 44.8 Å². The molecule has 28 heavy (non-hydrogen) atoms. The molecular weight excluding hydrogens is 350 g/mol. The number of carbonyl (C=O) groups is 1. The molecule has 1 aliphatic heterocycles. The van der Waals surface area contributed by atoms with Gasteiger partial charge >= 0.3 is 0 Å². The smallest absolute Gasteiger partial charge is 0.224 e. The third kappa shape index (κ3) is 5.57. The van der Waals surface area contributed by atoms with Gasteiger partial charge in [-0.15, -0.1) is 0 Å². The predicted molar refractivity (Wildman–Crippen MR) is 114 cm³/mol. The van der Waals surface area contributed by atoms with Gasteiger partial charge in [-0.2, -0.15) is 0 Å². The largest absolute Gasteiger partial charge is 0.379 e. The van der Waals surface area contributed by atoms with E-state index in [0.717, 1.165) is 31.9 Å². The quantitative estimate of drug-likeness (QED) is 0.801. The fraction of sp³-hybridized carbons (Fsp3) is 0.435. The molecule has 0 aromatic heterocycles. The fourth-order valence-electron chi connectivity index (χ4n) is 3.62. The summed E-state index contributed by atoms with van der Waals surface area (Å²) in [4.78, 5) is 17.0. The van der Waals surface area contributed by atoms with E-state index in [9.17, 15) is 4.79 Å². The lowest BCUT2D eigenvalue weighted by atomic mass is 10.0. The van der Waals surface area contributed by atoms with Crippen LogP contribution in [0.3, 0.4) is 0 Å². The van der Waals surface area contributed by atoms with Gasteiger partial charge in [-0.05, 0) is 30.2 Å². The average molecular weight is 382 g/mol. The summed E-state index contributed by atoms with van der Waals surface area (Å²) in [7, 11) is 4.08. The fourth-order valence-corrected chi connectivity index (χ4v) is 3.62. The molecular formula is C23H31N3O2. The number of amides is 1. The Hall–Kier alpha value is -2.37. The summed E-state index contributed by atoms with van der Waals surface area (Å²) in [6.45, 7) is 5.90. The molecule has 0 saturated carbocycles. The van der Waals surface area contributed by atoms with Crippen LogP contribution in [-0.4, -0.2) is 57.8 Å². The van der Waals surface area contributed by atoms with Crippen LogP contribution in [0.5, 0.6) is 0 Å². The van der Waals surface area contributed by atoms with Gasteiger partial charge in [-0.3, -0.25) is 9.69 Å². The molecule has 1 saturated heterocycles. The van der Waals surface area contributed by atoms with E-state index in [2.05, 4.69) is 45.4 Å². The van der Waals surface area contributed by atoms with Gasteiger partial charge in [0.15, 0.2) is 0 Å². The Bertz CT molecular complexity index is 768. The first-order valence-corrected chi connectivity index (χ1v) is 9.94. The minimum Gasteiger partial charge on any atom is -0.379 e. The first-order chi connectivity index (χ1) is 13.5. The minimum atomic E-state index is 0.0637. The maximum absolute atomic E-state index is 12.5. The number of rotatable bonds is 7. The number of anilines is 1. The van der Waals surface area contributed by atoms with Crippen molar-refractivity contribution in [3.8, 4) is 0 Å². The van der Waals surface area contributed by atoms with E-state index in [1.807, 2.05) is 39.2 Å². The van der Waals surface area contributed by atoms with Crippen molar-refractivity contribution in [2.75, 3.05) is 51.8 Å². The number of aryl methyl sites for hydroxylation is 1. The number of nitrogens with one attached hydrogen (secondary N) is 1. The Labute approximate surface area is 168 Å². The molecule has 1 aliphatic rings.